The normalized spacial score (nSPS) is 15.0. The maximum atomic E-state index is 4.56. The van der Waals surface area contributed by atoms with Crippen molar-refractivity contribution >= 4 is 28.4 Å². The Balaban J connectivity index is 1.34. The highest BCUT2D eigenvalue weighted by Crippen LogP contribution is 2.21. The zero-order chi connectivity index (χ0) is 19.6. The maximum Gasteiger partial charge on any atom is 0.143 e. The highest BCUT2D eigenvalue weighted by molar-refractivity contribution is 5.77. The number of fused-ring (bicyclic) bond motifs is 1. The van der Waals surface area contributed by atoms with Crippen LogP contribution in [0.3, 0.4) is 0 Å². The van der Waals surface area contributed by atoms with Gasteiger partial charge in [0.25, 0.3) is 0 Å². The molecular weight excluding hydrogens is 364 g/mol. The number of rotatable bonds is 4. The van der Waals surface area contributed by atoms with E-state index in [2.05, 4.69) is 48.2 Å². The summed E-state index contributed by atoms with van der Waals surface area (Å²) in [5.41, 5.74) is 3.09. The van der Waals surface area contributed by atoms with Crippen molar-refractivity contribution < 1.29 is 0 Å². The van der Waals surface area contributed by atoms with Gasteiger partial charge in [-0.2, -0.15) is 0 Å². The van der Waals surface area contributed by atoms with E-state index in [0.717, 1.165) is 54.5 Å². The molecule has 0 atom stereocenters. The zero-order valence-electron chi connectivity index (χ0n) is 16.2. The van der Waals surface area contributed by atoms with Crippen molar-refractivity contribution in [2.75, 3.05) is 43.4 Å². The van der Waals surface area contributed by atoms with Gasteiger partial charge in [0, 0.05) is 32.2 Å². The van der Waals surface area contributed by atoms with Crippen LogP contribution in [0.15, 0.2) is 61.3 Å². The van der Waals surface area contributed by atoms with Gasteiger partial charge in [0.05, 0.1) is 22.9 Å². The lowest BCUT2D eigenvalue weighted by atomic mass is 10.3. The first kappa shape index (κ1) is 17.6. The molecule has 0 radical (unpaired) electrons. The molecule has 0 saturated carbocycles. The standard InChI is InChI=1S/C21H22N8/c1-27-8-10-28(11-9-27)16-6-7-19(22-13-16)26-20-12-21(24-14-23-20)29-15-25-17-4-2-3-5-18(17)29/h2-7,12-15H,8-11H2,1H3,(H,22,23,24,26). The van der Waals surface area contributed by atoms with Crippen molar-refractivity contribution in [2.24, 2.45) is 0 Å². The van der Waals surface area contributed by atoms with Gasteiger partial charge in [-0.15, -0.1) is 0 Å². The second-order valence-electron chi connectivity index (χ2n) is 7.18. The zero-order valence-corrected chi connectivity index (χ0v) is 16.2. The number of hydrogen-bond donors (Lipinski definition) is 1. The lowest BCUT2D eigenvalue weighted by Gasteiger charge is -2.33. The molecule has 3 aromatic heterocycles. The lowest BCUT2D eigenvalue weighted by Crippen LogP contribution is -2.44. The number of benzene rings is 1. The molecule has 0 amide bonds. The summed E-state index contributed by atoms with van der Waals surface area (Å²) in [4.78, 5) is 22.4. The summed E-state index contributed by atoms with van der Waals surface area (Å²) < 4.78 is 1.95. The molecule has 1 aromatic carbocycles. The van der Waals surface area contributed by atoms with Crippen molar-refractivity contribution in [1.29, 1.82) is 0 Å². The highest BCUT2D eigenvalue weighted by Gasteiger charge is 2.14. The molecule has 1 aliphatic heterocycles. The van der Waals surface area contributed by atoms with Crippen LogP contribution in [0, 0.1) is 0 Å². The van der Waals surface area contributed by atoms with E-state index in [1.165, 1.54) is 0 Å². The second-order valence-corrected chi connectivity index (χ2v) is 7.18. The molecule has 146 valence electrons. The molecule has 0 aliphatic carbocycles. The second kappa shape index (κ2) is 7.48. The van der Waals surface area contributed by atoms with Crippen LogP contribution in [0.4, 0.5) is 17.3 Å². The highest BCUT2D eigenvalue weighted by atomic mass is 15.3. The van der Waals surface area contributed by atoms with Gasteiger partial charge in [0.1, 0.15) is 30.1 Å². The fourth-order valence-corrected chi connectivity index (χ4v) is 3.53. The molecule has 8 nitrogen and oxygen atoms in total. The SMILES string of the molecule is CN1CCN(c2ccc(Nc3cc(-n4cnc5ccccc54)ncn3)nc2)CC1. The number of nitrogens with one attached hydrogen (secondary N) is 1. The van der Waals surface area contributed by atoms with E-state index in [9.17, 15) is 0 Å². The Morgan fingerprint density at radius 2 is 1.72 bits per heavy atom. The Kier molecular flexibility index (Phi) is 4.53. The Labute approximate surface area is 168 Å². The topological polar surface area (TPSA) is 75.0 Å². The molecule has 4 heterocycles. The molecule has 8 heteroatoms. The predicted molar refractivity (Wildman–Crippen MR) is 114 cm³/mol. The summed E-state index contributed by atoms with van der Waals surface area (Å²) in [6.07, 6.45) is 5.24. The van der Waals surface area contributed by atoms with Gasteiger partial charge in [-0.25, -0.2) is 19.9 Å². The number of pyridine rings is 1. The minimum atomic E-state index is 0.688. The van der Waals surface area contributed by atoms with E-state index in [1.807, 2.05) is 47.2 Å². The van der Waals surface area contributed by atoms with E-state index in [4.69, 9.17) is 0 Å². The van der Waals surface area contributed by atoms with Gasteiger partial charge in [-0.1, -0.05) is 12.1 Å². The van der Waals surface area contributed by atoms with Crippen LogP contribution in [0.2, 0.25) is 0 Å². The number of imidazole rings is 1. The largest absolute Gasteiger partial charge is 0.368 e. The molecule has 29 heavy (non-hydrogen) atoms. The Morgan fingerprint density at radius 3 is 2.55 bits per heavy atom. The minimum Gasteiger partial charge on any atom is -0.368 e. The summed E-state index contributed by atoms with van der Waals surface area (Å²) in [5, 5.41) is 3.27. The number of para-hydroxylation sites is 2. The lowest BCUT2D eigenvalue weighted by molar-refractivity contribution is 0.313. The third-order valence-corrected chi connectivity index (χ3v) is 5.23. The maximum absolute atomic E-state index is 4.56. The van der Waals surface area contributed by atoms with Crippen LogP contribution in [-0.4, -0.2) is 62.6 Å². The predicted octanol–water partition coefficient (Wildman–Crippen LogP) is 2.71. The molecule has 1 aliphatic rings. The van der Waals surface area contributed by atoms with Crippen LogP contribution in [0.25, 0.3) is 16.9 Å². The quantitative estimate of drug-likeness (QED) is 0.578. The number of nitrogens with zero attached hydrogens (tertiary/aromatic N) is 7. The number of anilines is 3. The van der Waals surface area contributed by atoms with E-state index in [1.54, 1.807) is 12.7 Å². The number of aromatic nitrogens is 5. The van der Waals surface area contributed by atoms with Gasteiger partial charge < -0.3 is 15.1 Å². The summed E-state index contributed by atoms with van der Waals surface area (Å²) in [6.45, 7) is 4.21. The molecule has 0 spiro atoms. The number of piperazine rings is 1. The van der Waals surface area contributed by atoms with Crippen molar-refractivity contribution in [2.45, 2.75) is 0 Å². The van der Waals surface area contributed by atoms with E-state index in [-0.39, 0.29) is 0 Å². The summed E-state index contributed by atoms with van der Waals surface area (Å²) >= 11 is 0. The minimum absolute atomic E-state index is 0.688. The first-order valence-electron chi connectivity index (χ1n) is 9.67. The number of hydrogen-bond acceptors (Lipinski definition) is 7. The molecule has 0 unspecified atom stereocenters. The first-order valence-corrected chi connectivity index (χ1v) is 9.67. The van der Waals surface area contributed by atoms with Crippen LogP contribution < -0.4 is 10.2 Å². The number of likely N-dealkylation sites (N-methyl/N-ethyl adjacent to an activating group) is 1. The molecule has 1 fully saturated rings. The third kappa shape index (κ3) is 3.62. The van der Waals surface area contributed by atoms with Gasteiger partial charge >= 0.3 is 0 Å². The van der Waals surface area contributed by atoms with Gasteiger partial charge in [0.2, 0.25) is 0 Å². The van der Waals surface area contributed by atoms with Crippen molar-refractivity contribution in [3.8, 4) is 5.82 Å². The Bertz CT molecular complexity index is 1110. The fourth-order valence-electron chi connectivity index (χ4n) is 3.53. The average molecular weight is 386 g/mol. The van der Waals surface area contributed by atoms with Crippen molar-refractivity contribution in [3.05, 3.63) is 61.3 Å². The fraction of sp³-hybridized carbons (Fsp3) is 0.238. The van der Waals surface area contributed by atoms with Gasteiger partial charge in [0.15, 0.2) is 0 Å². The third-order valence-electron chi connectivity index (χ3n) is 5.23. The molecule has 1 N–H and O–H groups in total. The van der Waals surface area contributed by atoms with E-state index < -0.39 is 0 Å². The van der Waals surface area contributed by atoms with Crippen molar-refractivity contribution in [3.63, 3.8) is 0 Å². The Morgan fingerprint density at radius 1 is 0.862 bits per heavy atom. The van der Waals surface area contributed by atoms with Crippen LogP contribution in [0.5, 0.6) is 0 Å². The molecule has 1 saturated heterocycles. The molecule has 5 rings (SSSR count). The van der Waals surface area contributed by atoms with E-state index in [0.29, 0.717) is 5.82 Å². The van der Waals surface area contributed by atoms with Crippen LogP contribution in [-0.2, 0) is 0 Å². The molecule has 0 bridgehead atoms. The monoisotopic (exact) mass is 386 g/mol. The van der Waals surface area contributed by atoms with E-state index >= 15 is 0 Å². The van der Waals surface area contributed by atoms with Gasteiger partial charge in [-0.3, -0.25) is 4.57 Å². The van der Waals surface area contributed by atoms with Crippen LogP contribution >= 0.6 is 0 Å². The van der Waals surface area contributed by atoms with Crippen LogP contribution in [0.1, 0.15) is 0 Å². The first-order chi connectivity index (χ1) is 14.3. The van der Waals surface area contributed by atoms with Crippen molar-refractivity contribution in [1.82, 2.24) is 29.4 Å². The summed E-state index contributed by atoms with van der Waals surface area (Å²) in [6, 6.07) is 14.0. The smallest absolute Gasteiger partial charge is 0.143 e. The molecule has 4 aromatic rings. The Hall–Kier alpha value is -3.52. The van der Waals surface area contributed by atoms with Gasteiger partial charge in [-0.05, 0) is 31.3 Å². The average Bonchev–Trinajstić information content (AvgIpc) is 3.19. The summed E-state index contributed by atoms with van der Waals surface area (Å²) in [7, 11) is 2.16. The molecular formula is C21H22N8. The summed E-state index contributed by atoms with van der Waals surface area (Å²) in [5.74, 6) is 2.20.